The number of aryl methyl sites for hydroxylation is 2. The molecule has 0 unspecified atom stereocenters. The molecular formula is C17H18N6O2S. The summed E-state index contributed by atoms with van der Waals surface area (Å²) >= 11 is 1.46. The first-order chi connectivity index (χ1) is 12.6. The quantitative estimate of drug-likeness (QED) is 0.537. The van der Waals surface area contributed by atoms with E-state index in [2.05, 4.69) is 27.3 Å². The van der Waals surface area contributed by atoms with Crippen LogP contribution in [0.2, 0.25) is 0 Å². The summed E-state index contributed by atoms with van der Waals surface area (Å²) in [6.07, 6.45) is 0. The Morgan fingerprint density at radius 2 is 1.85 bits per heavy atom. The van der Waals surface area contributed by atoms with Gasteiger partial charge in [-0.2, -0.15) is 14.7 Å². The number of fused-ring (bicyclic) bond motifs is 1. The van der Waals surface area contributed by atoms with Gasteiger partial charge in [-0.1, -0.05) is 11.3 Å². The third kappa shape index (κ3) is 2.60. The van der Waals surface area contributed by atoms with Crippen molar-refractivity contribution in [1.29, 1.82) is 0 Å². The second-order valence-electron chi connectivity index (χ2n) is 5.68. The predicted octanol–water partition coefficient (Wildman–Crippen LogP) is 3.06. The van der Waals surface area contributed by atoms with Crippen molar-refractivity contribution in [3.63, 3.8) is 0 Å². The molecule has 0 saturated heterocycles. The zero-order chi connectivity index (χ0) is 18.3. The van der Waals surface area contributed by atoms with Crippen molar-refractivity contribution in [2.45, 2.75) is 20.4 Å². The van der Waals surface area contributed by atoms with Gasteiger partial charge in [0.25, 0.3) is 0 Å². The van der Waals surface area contributed by atoms with E-state index >= 15 is 0 Å². The van der Waals surface area contributed by atoms with Crippen molar-refractivity contribution >= 4 is 16.3 Å². The topological polar surface area (TPSA) is 79.4 Å². The molecule has 8 nitrogen and oxygen atoms in total. The van der Waals surface area contributed by atoms with Gasteiger partial charge in [-0.15, -0.1) is 10.2 Å². The molecule has 1 aromatic carbocycles. The molecule has 0 saturated carbocycles. The molecule has 0 N–H and O–H groups in total. The van der Waals surface area contributed by atoms with Crippen LogP contribution in [0.15, 0.2) is 24.3 Å². The largest absolute Gasteiger partial charge is 0.493 e. The Kier molecular flexibility index (Phi) is 4.08. The number of ether oxygens (including phenoxy) is 2. The molecule has 0 amide bonds. The zero-order valence-electron chi connectivity index (χ0n) is 14.9. The summed E-state index contributed by atoms with van der Waals surface area (Å²) < 4.78 is 14.4. The molecule has 0 radical (unpaired) electrons. The van der Waals surface area contributed by atoms with Gasteiger partial charge in [0.2, 0.25) is 4.96 Å². The number of hydrogen-bond donors (Lipinski definition) is 0. The number of benzene rings is 1. The fourth-order valence-electron chi connectivity index (χ4n) is 2.81. The van der Waals surface area contributed by atoms with Crippen LogP contribution in [0.1, 0.15) is 12.6 Å². The Bertz CT molecular complexity index is 1080. The lowest BCUT2D eigenvalue weighted by molar-refractivity contribution is 0.355. The summed E-state index contributed by atoms with van der Waals surface area (Å²) in [6, 6.07) is 7.65. The van der Waals surface area contributed by atoms with E-state index in [-0.39, 0.29) is 0 Å². The number of nitrogens with zero attached hydrogens (tertiary/aromatic N) is 6. The SMILES string of the molecule is CCn1nc(-c2nn3c(-c4ccc(OC)c(OC)c4)nnc3s2)cc1C. The van der Waals surface area contributed by atoms with Crippen LogP contribution in [0.25, 0.3) is 27.1 Å². The van der Waals surface area contributed by atoms with E-state index in [4.69, 9.17) is 9.47 Å². The van der Waals surface area contributed by atoms with Crippen molar-refractivity contribution in [2.75, 3.05) is 14.2 Å². The van der Waals surface area contributed by atoms with Gasteiger partial charge in [-0.3, -0.25) is 4.68 Å². The maximum Gasteiger partial charge on any atom is 0.235 e. The lowest BCUT2D eigenvalue weighted by Gasteiger charge is -2.08. The fourth-order valence-corrected chi connectivity index (χ4v) is 3.61. The van der Waals surface area contributed by atoms with Gasteiger partial charge in [-0.25, -0.2) is 0 Å². The minimum absolute atomic E-state index is 0.634. The molecule has 0 fully saturated rings. The molecule has 9 heteroatoms. The Morgan fingerprint density at radius 3 is 2.54 bits per heavy atom. The van der Waals surface area contributed by atoms with E-state index in [1.54, 1.807) is 18.7 Å². The van der Waals surface area contributed by atoms with Crippen molar-refractivity contribution in [3.05, 3.63) is 30.0 Å². The molecular weight excluding hydrogens is 352 g/mol. The fraction of sp³-hybridized carbons (Fsp3) is 0.294. The Hall–Kier alpha value is -2.94. The zero-order valence-corrected chi connectivity index (χ0v) is 15.7. The first-order valence-electron chi connectivity index (χ1n) is 8.14. The average Bonchev–Trinajstić information content (AvgIpc) is 3.34. The second-order valence-corrected chi connectivity index (χ2v) is 6.64. The van der Waals surface area contributed by atoms with Crippen LogP contribution < -0.4 is 9.47 Å². The first kappa shape index (κ1) is 16.5. The van der Waals surface area contributed by atoms with Crippen molar-refractivity contribution in [1.82, 2.24) is 29.6 Å². The molecule has 0 atom stereocenters. The van der Waals surface area contributed by atoms with E-state index < -0.39 is 0 Å². The minimum atomic E-state index is 0.634. The average molecular weight is 370 g/mol. The van der Waals surface area contributed by atoms with Crippen molar-refractivity contribution in [3.8, 4) is 33.6 Å². The molecule has 4 rings (SSSR count). The summed E-state index contributed by atoms with van der Waals surface area (Å²) in [6.45, 7) is 4.93. The second kappa shape index (κ2) is 6.41. The highest BCUT2D eigenvalue weighted by Crippen LogP contribution is 2.33. The summed E-state index contributed by atoms with van der Waals surface area (Å²) in [5.41, 5.74) is 2.80. The maximum absolute atomic E-state index is 5.38. The molecule has 3 heterocycles. The summed E-state index contributed by atoms with van der Waals surface area (Å²) in [5, 5.41) is 18.6. The Balaban J connectivity index is 1.79. The number of hydrogen-bond acceptors (Lipinski definition) is 7. The lowest BCUT2D eigenvalue weighted by Crippen LogP contribution is -1.98. The van der Waals surface area contributed by atoms with Gasteiger partial charge in [0, 0.05) is 17.8 Å². The number of aromatic nitrogens is 6. The molecule has 4 aromatic rings. The monoisotopic (exact) mass is 370 g/mol. The maximum atomic E-state index is 5.38. The predicted molar refractivity (Wildman–Crippen MR) is 98.8 cm³/mol. The van der Waals surface area contributed by atoms with Crippen LogP contribution in [0.4, 0.5) is 0 Å². The number of rotatable bonds is 5. The molecule has 3 aromatic heterocycles. The van der Waals surface area contributed by atoms with Crippen molar-refractivity contribution in [2.24, 2.45) is 0 Å². The first-order valence-corrected chi connectivity index (χ1v) is 8.95. The van der Waals surface area contributed by atoms with E-state index in [0.29, 0.717) is 22.3 Å². The van der Waals surface area contributed by atoms with E-state index in [0.717, 1.165) is 28.5 Å². The van der Waals surface area contributed by atoms with Crippen LogP contribution in [-0.4, -0.2) is 43.8 Å². The lowest BCUT2D eigenvalue weighted by atomic mass is 10.2. The van der Waals surface area contributed by atoms with Gasteiger partial charge < -0.3 is 9.47 Å². The smallest absolute Gasteiger partial charge is 0.235 e. The van der Waals surface area contributed by atoms with Crippen LogP contribution in [-0.2, 0) is 6.54 Å². The Morgan fingerprint density at radius 1 is 1.04 bits per heavy atom. The highest BCUT2D eigenvalue weighted by atomic mass is 32.1. The minimum Gasteiger partial charge on any atom is -0.493 e. The molecule has 0 aliphatic rings. The summed E-state index contributed by atoms with van der Waals surface area (Å²) in [7, 11) is 3.21. The highest BCUT2D eigenvalue weighted by Gasteiger charge is 2.18. The molecule has 0 aliphatic carbocycles. The van der Waals surface area contributed by atoms with Crippen LogP contribution in [0.3, 0.4) is 0 Å². The highest BCUT2D eigenvalue weighted by molar-refractivity contribution is 7.19. The summed E-state index contributed by atoms with van der Waals surface area (Å²) in [4.78, 5) is 0.716. The Labute approximate surface area is 154 Å². The third-order valence-electron chi connectivity index (χ3n) is 4.13. The molecule has 0 aliphatic heterocycles. The van der Waals surface area contributed by atoms with E-state index in [1.807, 2.05) is 35.9 Å². The van der Waals surface area contributed by atoms with Gasteiger partial charge in [0.1, 0.15) is 5.69 Å². The van der Waals surface area contributed by atoms with Gasteiger partial charge in [0.05, 0.1) is 14.2 Å². The standard InChI is InChI=1S/C17H18N6O2S/c1-5-22-10(2)8-12(20-22)16-21-23-15(18-19-17(23)26-16)11-6-7-13(24-3)14(9-11)25-4/h6-9H,5H2,1-4H3. The van der Waals surface area contributed by atoms with Crippen LogP contribution in [0.5, 0.6) is 11.5 Å². The normalized spacial score (nSPS) is 11.2. The van der Waals surface area contributed by atoms with Crippen LogP contribution >= 0.6 is 11.3 Å². The third-order valence-corrected chi connectivity index (χ3v) is 5.05. The van der Waals surface area contributed by atoms with Crippen LogP contribution in [0, 0.1) is 6.92 Å². The molecule has 134 valence electrons. The molecule has 26 heavy (non-hydrogen) atoms. The number of methoxy groups -OCH3 is 2. The molecule has 0 bridgehead atoms. The van der Waals surface area contributed by atoms with Crippen molar-refractivity contribution < 1.29 is 9.47 Å². The summed E-state index contributed by atoms with van der Waals surface area (Å²) in [5.74, 6) is 1.95. The molecule has 0 spiro atoms. The van der Waals surface area contributed by atoms with Gasteiger partial charge >= 0.3 is 0 Å². The van der Waals surface area contributed by atoms with E-state index in [1.165, 1.54) is 11.3 Å². The van der Waals surface area contributed by atoms with Gasteiger partial charge in [0.15, 0.2) is 22.3 Å². The van der Waals surface area contributed by atoms with E-state index in [9.17, 15) is 0 Å². The van der Waals surface area contributed by atoms with Gasteiger partial charge in [-0.05, 0) is 38.1 Å².